The summed E-state index contributed by atoms with van der Waals surface area (Å²) in [5, 5.41) is 11.4. The highest BCUT2D eigenvalue weighted by Crippen LogP contribution is 2.16. The summed E-state index contributed by atoms with van der Waals surface area (Å²) in [7, 11) is 1.79. The molecule has 0 fully saturated rings. The number of aryl methyl sites for hydroxylation is 2. The van der Waals surface area contributed by atoms with Crippen LogP contribution in [-0.4, -0.2) is 25.5 Å². The zero-order chi connectivity index (χ0) is 15.7. The lowest BCUT2D eigenvalue weighted by Gasteiger charge is -2.06. The Morgan fingerprint density at radius 1 is 1.18 bits per heavy atom. The van der Waals surface area contributed by atoms with Crippen LogP contribution >= 0.6 is 0 Å². The lowest BCUT2D eigenvalue weighted by atomic mass is 10.2. The first-order valence-corrected chi connectivity index (χ1v) is 6.98. The Balaban J connectivity index is 1.88. The van der Waals surface area contributed by atoms with E-state index < -0.39 is 0 Å². The maximum Gasteiger partial charge on any atom is 0.260 e. The predicted octanol–water partition coefficient (Wildman–Crippen LogP) is 2.47. The van der Waals surface area contributed by atoms with Crippen molar-refractivity contribution >= 4 is 11.7 Å². The molecule has 1 amide bonds. The molecule has 1 N–H and O–H groups in total. The molecular formula is C16H17N5O. The first-order chi connectivity index (χ1) is 10.6. The topological polar surface area (TPSA) is 64.7 Å². The number of rotatable bonds is 3. The summed E-state index contributed by atoms with van der Waals surface area (Å²) in [6, 6.07) is 11.6. The number of carbonyl (C=O) groups is 1. The Hall–Kier alpha value is -2.89. The maximum atomic E-state index is 12.4. The first kappa shape index (κ1) is 14.1. The van der Waals surface area contributed by atoms with E-state index in [1.54, 1.807) is 22.6 Å². The van der Waals surface area contributed by atoms with Crippen molar-refractivity contribution in [2.75, 3.05) is 5.32 Å². The van der Waals surface area contributed by atoms with Gasteiger partial charge in [-0.3, -0.25) is 9.48 Å². The summed E-state index contributed by atoms with van der Waals surface area (Å²) < 4.78 is 3.40. The van der Waals surface area contributed by atoms with Gasteiger partial charge < -0.3 is 5.32 Å². The fourth-order valence-electron chi connectivity index (χ4n) is 2.37. The number of aromatic nitrogens is 4. The summed E-state index contributed by atoms with van der Waals surface area (Å²) in [5.74, 6) is 0.469. The minimum absolute atomic E-state index is 0.192. The van der Waals surface area contributed by atoms with Gasteiger partial charge >= 0.3 is 0 Å². The zero-order valence-electron chi connectivity index (χ0n) is 12.7. The highest BCUT2D eigenvalue weighted by atomic mass is 16.1. The van der Waals surface area contributed by atoms with Crippen molar-refractivity contribution in [3.05, 3.63) is 59.5 Å². The lowest BCUT2D eigenvalue weighted by molar-refractivity contribution is 0.102. The molecule has 0 radical (unpaired) electrons. The van der Waals surface area contributed by atoms with Gasteiger partial charge in [-0.05, 0) is 26.0 Å². The fourth-order valence-corrected chi connectivity index (χ4v) is 2.37. The highest BCUT2D eigenvalue weighted by molar-refractivity contribution is 6.04. The van der Waals surface area contributed by atoms with Crippen LogP contribution in [0.1, 0.15) is 21.7 Å². The van der Waals surface area contributed by atoms with E-state index in [9.17, 15) is 4.79 Å². The van der Waals surface area contributed by atoms with Gasteiger partial charge in [0, 0.05) is 13.1 Å². The molecule has 0 atom stereocenters. The summed E-state index contributed by atoms with van der Waals surface area (Å²) in [6.07, 6.45) is 1.58. The monoisotopic (exact) mass is 295 g/mol. The van der Waals surface area contributed by atoms with Gasteiger partial charge in [0.2, 0.25) is 0 Å². The van der Waals surface area contributed by atoms with E-state index in [1.807, 2.05) is 50.2 Å². The van der Waals surface area contributed by atoms with E-state index in [-0.39, 0.29) is 5.91 Å². The molecule has 2 heterocycles. The number of nitrogens with zero attached hydrogens (tertiary/aromatic N) is 4. The molecule has 22 heavy (non-hydrogen) atoms. The van der Waals surface area contributed by atoms with Gasteiger partial charge in [0.05, 0.1) is 28.8 Å². The molecular weight excluding hydrogens is 278 g/mol. The molecule has 0 aliphatic heterocycles. The van der Waals surface area contributed by atoms with E-state index in [1.165, 1.54) is 0 Å². The third-order valence-electron chi connectivity index (χ3n) is 3.50. The predicted molar refractivity (Wildman–Crippen MR) is 84.2 cm³/mol. The number of amides is 1. The van der Waals surface area contributed by atoms with E-state index in [0.29, 0.717) is 11.4 Å². The Morgan fingerprint density at radius 3 is 2.55 bits per heavy atom. The van der Waals surface area contributed by atoms with E-state index >= 15 is 0 Å². The minimum Gasteiger partial charge on any atom is -0.307 e. The Kier molecular flexibility index (Phi) is 3.50. The fraction of sp³-hybridized carbons (Fsp3) is 0.188. The SMILES string of the molecule is Cc1cc(NC(=O)c2cnn(-c3ccccc3)c2C)n(C)n1. The van der Waals surface area contributed by atoms with E-state index in [4.69, 9.17) is 0 Å². The molecule has 0 spiro atoms. The Morgan fingerprint density at radius 2 is 1.91 bits per heavy atom. The Labute approximate surface area is 128 Å². The number of hydrogen-bond donors (Lipinski definition) is 1. The van der Waals surface area contributed by atoms with Crippen molar-refractivity contribution in [1.82, 2.24) is 19.6 Å². The van der Waals surface area contributed by atoms with Crippen molar-refractivity contribution in [3.63, 3.8) is 0 Å². The van der Waals surface area contributed by atoms with Gasteiger partial charge in [0.15, 0.2) is 0 Å². The Bertz CT molecular complexity index is 816. The molecule has 0 bridgehead atoms. The molecule has 0 unspecified atom stereocenters. The third-order valence-corrected chi connectivity index (χ3v) is 3.50. The molecule has 0 aliphatic carbocycles. The summed E-state index contributed by atoms with van der Waals surface area (Å²) in [6.45, 7) is 3.76. The van der Waals surface area contributed by atoms with Gasteiger partial charge in [-0.25, -0.2) is 4.68 Å². The summed E-state index contributed by atoms with van der Waals surface area (Å²) in [5.41, 5.74) is 3.12. The van der Waals surface area contributed by atoms with Crippen LogP contribution in [0, 0.1) is 13.8 Å². The zero-order valence-corrected chi connectivity index (χ0v) is 12.7. The molecule has 3 aromatic rings. The molecule has 2 aromatic heterocycles. The standard InChI is InChI=1S/C16H17N5O/c1-11-9-15(20(3)19-11)18-16(22)14-10-17-21(12(14)2)13-7-5-4-6-8-13/h4-10H,1-3H3,(H,18,22). The van der Waals surface area contributed by atoms with E-state index in [2.05, 4.69) is 15.5 Å². The van der Waals surface area contributed by atoms with Crippen LogP contribution in [0.5, 0.6) is 0 Å². The van der Waals surface area contributed by atoms with Crippen LogP contribution in [-0.2, 0) is 7.05 Å². The molecule has 3 rings (SSSR count). The van der Waals surface area contributed by atoms with Crippen molar-refractivity contribution in [3.8, 4) is 5.69 Å². The molecule has 6 heteroatoms. The number of hydrogen-bond acceptors (Lipinski definition) is 3. The minimum atomic E-state index is -0.192. The quantitative estimate of drug-likeness (QED) is 0.807. The summed E-state index contributed by atoms with van der Waals surface area (Å²) >= 11 is 0. The number of nitrogens with one attached hydrogen (secondary N) is 1. The van der Waals surface area contributed by atoms with Crippen LogP contribution < -0.4 is 5.32 Å². The van der Waals surface area contributed by atoms with Crippen molar-refractivity contribution in [2.24, 2.45) is 7.05 Å². The number of anilines is 1. The molecule has 1 aromatic carbocycles. The average Bonchev–Trinajstić information content (AvgIpc) is 3.02. The smallest absolute Gasteiger partial charge is 0.260 e. The molecule has 112 valence electrons. The number of para-hydroxylation sites is 1. The van der Waals surface area contributed by atoms with Gasteiger partial charge in [0.25, 0.3) is 5.91 Å². The average molecular weight is 295 g/mol. The normalized spacial score (nSPS) is 10.7. The van der Waals surface area contributed by atoms with Gasteiger partial charge in [-0.2, -0.15) is 10.2 Å². The molecule has 0 saturated carbocycles. The third kappa shape index (κ3) is 2.50. The molecule has 6 nitrogen and oxygen atoms in total. The van der Waals surface area contributed by atoms with Crippen LogP contribution in [0.25, 0.3) is 5.69 Å². The highest BCUT2D eigenvalue weighted by Gasteiger charge is 2.16. The van der Waals surface area contributed by atoms with Crippen molar-refractivity contribution in [2.45, 2.75) is 13.8 Å². The lowest BCUT2D eigenvalue weighted by Crippen LogP contribution is -2.15. The van der Waals surface area contributed by atoms with Gasteiger partial charge in [0.1, 0.15) is 5.82 Å². The van der Waals surface area contributed by atoms with Crippen molar-refractivity contribution < 1.29 is 4.79 Å². The maximum absolute atomic E-state index is 12.4. The second kappa shape index (κ2) is 5.48. The number of carbonyl (C=O) groups excluding carboxylic acids is 1. The van der Waals surface area contributed by atoms with Crippen LogP contribution in [0.3, 0.4) is 0 Å². The molecule has 0 aliphatic rings. The van der Waals surface area contributed by atoms with Crippen molar-refractivity contribution in [1.29, 1.82) is 0 Å². The second-order valence-corrected chi connectivity index (χ2v) is 5.14. The summed E-state index contributed by atoms with van der Waals surface area (Å²) in [4.78, 5) is 12.4. The van der Waals surface area contributed by atoms with Gasteiger partial charge in [-0.15, -0.1) is 0 Å². The van der Waals surface area contributed by atoms with Crippen LogP contribution in [0.2, 0.25) is 0 Å². The van der Waals surface area contributed by atoms with Crippen LogP contribution in [0.4, 0.5) is 5.82 Å². The second-order valence-electron chi connectivity index (χ2n) is 5.14. The number of benzene rings is 1. The molecule has 0 saturated heterocycles. The first-order valence-electron chi connectivity index (χ1n) is 6.98. The van der Waals surface area contributed by atoms with Crippen LogP contribution in [0.15, 0.2) is 42.6 Å². The van der Waals surface area contributed by atoms with E-state index in [0.717, 1.165) is 17.1 Å². The largest absolute Gasteiger partial charge is 0.307 e. The van der Waals surface area contributed by atoms with Gasteiger partial charge in [-0.1, -0.05) is 18.2 Å².